The first kappa shape index (κ1) is 14.3. The van der Waals surface area contributed by atoms with E-state index in [0.29, 0.717) is 19.0 Å². The highest BCUT2D eigenvalue weighted by Gasteiger charge is 2.33. The Labute approximate surface area is 116 Å². The Morgan fingerprint density at radius 3 is 2.55 bits per heavy atom. The van der Waals surface area contributed by atoms with Crippen molar-refractivity contribution in [1.29, 1.82) is 0 Å². The summed E-state index contributed by atoms with van der Waals surface area (Å²) in [5, 5.41) is 19.0. The number of rotatable bonds is 4. The van der Waals surface area contributed by atoms with Gasteiger partial charge in [-0.2, -0.15) is 0 Å². The number of aromatic carboxylic acids is 1. The molecule has 1 aromatic rings. The van der Waals surface area contributed by atoms with Gasteiger partial charge in [-0.3, -0.25) is 0 Å². The van der Waals surface area contributed by atoms with Gasteiger partial charge in [-0.05, 0) is 12.8 Å². The van der Waals surface area contributed by atoms with Crippen LogP contribution in [0.1, 0.15) is 37.3 Å². The molecule has 0 saturated carbocycles. The molecule has 0 radical (unpaired) electrons. The Morgan fingerprint density at radius 1 is 1.40 bits per heavy atom. The predicted octanol–water partition coefficient (Wildman–Crippen LogP) is 0.587. The van der Waals surface area contributed by atoms with Crippen LogP contribution in [-0.2, 0) is 0 Å². The first-order valence-corrected chi connectivity index (χ1v) is 6.59. The third kappa shape index (κ3) is 2.89. The fourth-order valence-corrected chi connectivity index (χ4v) is 1.79. The lowest BCUT2D eigenvalue weighted by atomic mass is 10.1. The van der Waals surface area contributed by atoms with Crippen molar-refractivity contribution in [3.63, 3.8) is 0 Å². The second-order valence-corrected chi connectivity index (χ2v) is 5.43. The quantitative estimate of drug-likeness (QED) is 0.841. The number of nitrogens with zero attached hydrogens (tertiary/aromatic N) is 4. The summed E-state index contributed by atoms with van der Waals surface area (Å²) in [5.74, 6) is -0.722. The SMILES string of the molecule is CC(C)C(C)NC(=O)N1CC(n2cc(C(=O)O)nn2)C1. The molecule has 2 amide bonds. The Balaban J connectivity index is 1.84. The highest BCUT2D eigenvalue weighted by atomic mass is 16.4. The van der Waals surface area contributed by atoms with E-state index >= 15 is 0 Å². The molecule has 2 heterocycles. The Hall–Kier alpha value is -2.12. The molecule has 1 aromatic heterocycles. The van der Waals surface area contributed by atoms with Gasteiger partial charge in [-0.15, -0.1) is 5.10 Å². The van der Waals surface area contributed by atoms with Gasteiger partial charge in [0.1, 0.15) is 0 Å². The summed E-state index contributed by atoms with van der Waals surface area (Å²) in [6.07, 6.45) is 1.39. The van der Waals surface area contributed by atoms with Crippen LogP contribution in [0.3, 0.4) is 0 Å². The van der Waals surface area contributed by atoms with Crippen LogP contribution < -0.4 is 5.32 Å². The molecule has 110 valence electrons. The number of hydrogen-bond acceptors (Lipinski definition) is 4. The minimum absolute atomic E-state index is 0.00398. The molecule has 0 spiro atoms. The Morgan fingerprint density at radius 2 is 2.05 bits per heavy atom. The van der Waals surface area contributed by atoms with Crippen LogP contribution in [0.5, 0.6) is 0 Å². The van der Waals surface area contributed by atoms with Crippen molar-refractivity contribution in [2.24, 2.45) is 5.92 Å². The van der Waals surface area contributed by atoms with Crippen LogP contribution >= 0.6 is 0 Å². The first-order valence-electron chi connectivity index (χ1n) is 6.59. The summed E-state index contributed by atoms with van der Waals surface area (Å²) in [6, 6.07) is 0.0169. The number of carbonyl (C=O) groups excluding carboxylic acids is 1. The van der Waals surface area contributed by atoms with E-state index in [-0.39, 0.29) is 23.8 Å². The fraction of sp³-hybridized carbons (Fsp3) is 0.667. The summed E-state index contributed by atoms with van der Waals surface area (Å²) < 4.78 is 1.50. The highest BCUT2D eigenvalue weighted by molar-refractivity contribution is 5.84. The molecule has 0 aliphatic carbocycles. The molecule has 8 nitrogen and oxygen atoms in total. The van der Waals surface area contributed by atoms with Crippen molar-refractivity contribution in [1.82, 2.24) is 25.2 Å². The minimum Gasteiger partial charge on any atom is -0.476 e. The fourth-order valence-electron chi connectivity index (χ4n) is 1.79. The molecule has 1 atom stereocenters. The van der Waals surface area contributed by atoms with Gasteiger partial charge in [-0.25, -0.2) is 14.3 Å². The lowest BCUT2D eigenvalue weighted by molar-refractivity contribution is 0.0690. The van der Waals surface area contributed by atoms with Crippen LogP contribution in [0.4, 0.5) is 4.79 Å². The van der Waals surface area contributed by atoms with Crippen molar-refractivity contribution in [2.75, 3.05) is 13.1 Å². The molecule has 2 N–H and O–H groups in total. The average molecular weight is 281 g/mol. The Kier molecular flexibility index (Phi) is 3.91. The van der Waals surface area contributed by atoms with Crippen LogP contribution in [-0.4, -0.2) is 56.1 Å². The molecule has 20 heavy (non-hydrogen) atoms. The molecule has 1 unspecified atom stereocenters. The minimum atomic E-state index is -1.10. The third-order valence-electron chi connectivity index (χ3n) is 3.60. The van der Waals surface area contributed by atoms with Crippen LogP contribution in [0, 0.1) is 5.92 Å². The van der Waals surface area contributed by atoms with Gasteiger partial charge in [0, 0.05) is 19.1 Å². The van der Waals surface area contributed by atoms with E-state index < -0.39 is 5.97 Å². The maximum atomic E-state index is 11.9. The third-order valence-corrected chi connectivity index (χ3v) is 3.60. The van der Waals surface area contributed by atoms with Crippen LogP contribution in [0.25, 0.3) is 0 Å². The first-order chi connectivity index (χ1) is 9.38. The lowest BCUT2D eigenvalue weighted by Gasteiger charge is -2.39. The largest absolute Gasteiger partial charge is 0.476 e. The van der Waals surface area contributed by atoms with Gasteiger partial charge in [0.2, 0.25) is 0 Å². The number of carbonyl (C=O) groups is 2. The van der Waals surface area contributed by atoms with Gasteiger partial charge in [-0.1, -0.05) is 19.1 Å². The van der Waals surface area contributed by atoms with Gasteiger partial charge in [0.05, 0.1) is 12.2 Å². The molecule has 1 aliphatic rings. The summed E-state index contributed by atoms with van der Waals surface area (Å²) in [4.78, 5) is 24.3. The summed E-state index contributed by atoms with van der Waals surface area (Å²) in [6.45, 7) is 7.09. The molecular formula is C12H19N5O3. The smallest absolute Gasteiger partial charge is 0.358 e. The summed E-state index contributed by atoms with van der Waals surface area (Å²) >= 11 is 0. The van der Waals surface area contributed by atoms with Crippen LogP contribution in [0.2, 0.25) is 0 Å². The van der Waals surface area contributed by atoms with E-state index in [2.05, 4.69) is 15.6 Å². The number of carboxylic acids is 1. The van der Waals surface area contributed by atoms with E-state index in [1.807, 2.05) is 20.8 Å². The zero-order chi connectivity index (χ0) is 14.9. The molecule has 1 saturated heterocycles. The van der Waals surface area contributed by atoms with Crippen molar-refractivity contribution < 1.29 is 14.7 Å². The number of nitrogens with one attached hydrogen (secondary N) is 1. The van der Waals surface area contributed by atoms with E-state index in [0.717, 1.165) is 0 Å². The number of likely N-dealkylation sites (tertiary alicyclic amines) is 1. The zero-order valence-corrected chi connectivity index (χ0v) is 11.8. The van der Waals surface area contributed by atoms with E-state index in [1.54, 1.807) is 4.90 Å². The van der Waals surface area contributed by atoms with E-state index in [1.165, 1.54) is 10.9 Å². The van der Waals surface area contributed by atoms with Crippen molar-refractivity contribution in [3.05, 3.63) is 11.9 Å². The molecule has 1 aliphatic heterocycles. The average Bonchev–Trinajstić information content (AvgIpc) is 2.76. The monoisotopic (exact) mass is 281 g/mol. The molecule has 0 aromatic carbocycles. The Bertz CT molecular complexity index is 507. The number of urea groups is 1. The number of amides is 2. The van der Waals surface area contributed by atoms with Gasteiger partial charge in [0.25, 0.3) is 0 Å². The van der Waals surface area contributed by atoms with E-state index in [4.69, 9.17) is 5.11 Å². The van der Waals surface area contributed by atoms with Gasteiger partial charge >= 0.3 is 12.0 Å². The van der Waals surface area contributed by atoms with Crippen molar-refractivity contribution in [2.45, 2.75) is 32.9 Å². The van der Waals surface area contributed by atoms with Crippen molar-refractivity contribution in [3.8, 4) is 0 Å². The standard InChI is InChI=1S/C12H19N5O3/c1-7(2)8(3)13-12(20)16-4-9(5-16)17-6-10(11(18)19)14-15-17/h6-9H,4-5H2,1-3H3,(H,13,20)(H,18,19). The normalized spacial score (nSPS) is 16.9. The van der Waals surface area contributed by atoms with Gasteiger partial charge < -0.3 is 15.3 Å². The predicted molar refractivity (Wildman–Crippen MR) is 70.4 cm³/mol. The van der Waals surface area contributed by atoms with Crippen LogP contribution in [0.15, 0.2) is 6.20 Å². The molecular weight excluding hydrogens is 262 g/mol. The number of aromatic nitrogens is 3. The highest BCUT2D eigenvalue weighted by Crippen LogP contribution is 2.20. The maximum absolute atomic E-state index is 11.9. The zero-order valence-electron chi connectivity index (χ0n) is 11.8. The number of hydrogen-bond donors (Lipinski definition) is 2. The summed E-state index contributed by atoms with van der Waals surface area (Å²) in [5.41, 5.74) is -0.0821. The van der Waals surface area contributed by atoms with Crippen molar-refractivity contribution >= 4 is 12.0 Å². The molecule has 1 fully saturated rings. The number of carboxylic acid groups (broad SMARTS) is 1. The molecule has 8 heteroatoms. The van der Waals surface area contributed by atoms with Gasteiger partial charge in [0.15, 0.2) is 5.69 Å². The van der Waals surface area contributed by atoms with E-state index in [9.17, 15) is 9.59 Å². The lowest BCUT2D eigenvalue weighted by Crippen LogP contribution is -2.56. The summed E-state index contributed by atoms with van der Waals surface area (Å²) in [7, 11) is 0. The molecule has 0 bridgehead atoms. The topological polar surface area (TPSA) is 100 Å². The molecule has 2 rings (SSSR count). The maximum Gasteiger partial charge on any atom is 0.358 e. The second-order valence-electron chi connectivity index (χ2n) is 5.43. The second kappa shape index (κ2) is 5.48.